The van der Waals surface area contributed by atoms with Crippen molar-refractivity contribution in [3.63, 3.8) is 0 Å². The molecule has 0 unspecified atom stereocenters. The van der Waals surface area contributed by atoms with Gasteiger partial charge in [-0.25, -0.2) is 14.6 Å². The summed E-state index contributed by atoms with van der Waals surface area (Å²) in [5, 5.41) is 13.4. The maximum atomic E-state index is 12.2. The zero-order chi connectivity index (χ0) is 22.6. The first-order valence-electron chi connectivity index (χ1n) is 9.77. The number of hydrogen-bond donors (Lipinski definition) is 2. The fourth-order valence-corrected chi connectivity index (χ4v) is 3.40. The van der Waals surface area contributed by atoms with Gasteiger partial charge in [0, 0.05) is 11.9 Å². The fourth-order valence-electron chi connectivity index (χ4n) is 2.79. The Morgan fingerprint density at radius 1 is 1.19 bits per heavy atom. The summed E-state index contributed by atoms with van der Waals surface area (Å²) in [4.78, 5) is 27.4. The highest BCUT2D eigenvalue weighted by atomic mass is 32.1. The van der Waals surface area contributed by atoms with Crippen molar-refractivity contribution in [1.82, 2.24) is 10.3 Å². The molecule has 1 saturated heterocycles. The minimum Gasteiger partial charge on any atom is -0.476 e. The molecular formula is C21H25BN2O6S. The quantitative estimate of drug-likeness (QED) is 0.626. The third-order valence-corrected chi connectivity index (χ3v) is 6.09. The van der Waals surface area contributed by atoms with Gasteiger partial charge in [0.15, 0.2) is 0 Å². The molecule has 0 aliphatic carbocycles. The van der Waals surface area contributed by atoms with Crippen LogP contribution in [-0.4, -0.2) is 47.0 Å². The smallest absolute Gasteiger partial charge is 0.476 e. The number of carbonyl (C=O) groups excluding carboxylic acids is 1. The van der Waals surface area contributed by atoms with Crippen molar-refractivity contribution in [2.75, 3.05) is 6.54 Å². The van der Waals surface area contributed by atoms with E-state index in [-0.39, 0.29) is 18.2 Å². The predicted octanol–water partition coefficient (Wildman–Crippen LogP) is 3.78. The Balaban J connectivity index is 1.72. The summed E-state index contributed by atoms with van der Waals surface area (Å²) < 4.78 is 17.4. The van der Waals surface area contributed by atoms with Gasteiger partial charge in [-0.15, -0.1) is 11.3 Å². The molecule has 1 aliphatic heterocycles. The summed E-state index contributed by atoms with van der Waals surface area (Å²) >= 11 is 1.02. The Bertz CT molecular complexity index is 957. The number of carboxylic acid groups (broad SMARTS) is 1. The monoisotopic (exact) mass is 444 g/mol. The Morgan fingerprint density at radius 3 is 2.42 bits per heavy atom. The van der Waals surface area contributed by atoms with E-state index in [4.69, 9.17) is 19.2 Å². The van der Waals surface area contributed by atoms with Crippen LogP contribution in [0.3, 0.4) is 0 Å². The molecular weight excluding hydrogens is 419 g/mol. The summed E-state index contributed by atoms with van der Waals surface area (Å²) in [6, 6.07) is 9.36. The summed E-state index contributed by atoms with van der Waals surface area (Å²) in [5.41, 5.74) is 0.782. The van der Waals surface area contributed by atoms with Crippen molar-refractivity contribution < 1.29 is 28.7 Å². The Kier molecular flexibility index (Phi) is 6.83. The van der Waals surface area contributed by atoms with E-state index in [1.165, 1.54) is 0 Å². The molecule has 164 valence electrons. The second-order valence-corrected chi connectivity index (χ2v) is 8.96. The molecule has 0 radical (unpaired) electrons. The van der Waals surface area contributed by atoms with Gasteiger partial charge >= 0.3 is 19.2 Å². The Hall–Kier alpha value is -2.69. The van der Waals surface area contributed by atoms with Gasteiger partial charge in [0.1, 0.15) is 6.61 Å². The van der Waals surface area contributed by atoms with Crippen LogP contribution < -0.4 is 5.32 Å². The average molecular weight is 444 g/mol. The second-order valence-electron chi connectivity index (χ2n) is 8.11. The van der Waals surface area contributed by atoms with Crippen LogP contribution in [0, 0.1) is 0 Å². The van der Waals surface area contributed by atoms with Crippen LogP contribution >= 0.6 is 11.3 Å². The first kappa shape index (κ1) is 23.0. The lowest BCUT2D eigenvalue weighted by Gasteiger charge is -2.32. The van der Waals surface area contributed by atoms with E-state index >= 15 is 0 Å². The van der Waals surface area contributed by atoms with Crippen LogP contribution in [0.5, 0.6) is 0 Å². The van der Waals surface area contributed by atoms with Crippen LogP contribution in [0.2, 0.25) is 0 Å². The SMILES string of the molecule is CC1(C)OB(C(=Cc2csc(C(=O)O)n2)CNC(=O)OCc2ccccc2)OC1(C)C. The summed E-state index contributed by atoms with van der Waals surface area (Å²) in [5.74, 6) is -1.09. The molecule has 10 heteroatoms. The summed E-state index contributed by atoms with van der Waals surface area (Å²) in [6.45, 7) is 7.95. The molecule has 0 spiro atoms. The zero-order valence-corrected chi connectivity index (χ0v) is 18.7. The molecule has 1 amide bonds. The number of nitrogens with zero attached hydrogens (tertiary/aromatic N) is 1. The number of carboxylic acids is 1. The van der Waals surface area contributed by atoms with Crippen LogP contribution in [0.25, 0.3) is 6.08 Å². The van der Waals surface area contributed by atoms with E-state index in [1.807, 2.05) is 58.0 Å². The largest absolute Gasteiger partial charge is 0.492 e. The standard InChI is InChI=1S/C21H25BN2O6S/c1-20(2)21(3,4)30-22(29-20)15(10-16-13-31-17(24-16)18(25)26)11-23-19(27)28-12-14-8-6-5-7-9-14/h5-10,13H,11-12H2,1-4H3,(H,23,27)(H,25,26). The summed E-state index contributed by atoms with van der Waals surface area (Å²) in [7, 11) is -0.727. The number of aromatic carboxylic acids is 1. The van der Waals surface area contributed by atoms with Crippen molar-refractivity contribution in [2.24, 2.45) is 0 Å². The lowest BCUT2D eigenvalue weighted by atomic mass is 9.77. The molecule has 1 aromatic heterocycles. The number of nitrogens with one attached hydrogen (secondary N) is 1. The predicted molar refractivity (Wildman–Crippen MR) is 118 cm³/mol. The number of thiazole rings is 1. The van der Waals surface area contributed by atoms with Gasteiger partial charge < -0.3 is 24.5 Å². The molecule has 31 heavy (non-hydrogen) atoms. The van der Waals surface area contributed by atoms with Crippen LogP contribution in [0.1, 0.15) is 48.8 Å². The van der Waals surface area contributed by atoms with Crippen LogP contribution in [-0.2, 0) is 20.7 Å². The van der Waals surface area contributed by atoms with E-state index in [9.17, 15) is 9.59 Å². The van der Waals surface area contributed by atoms with E-state index < -0.39 is 30.4 Å². The Morgan fingerprint density at radius 2 is 1.84 bits per heavy atom. The molecule has 1 aliphatic rings. The van der Waals surface area contributed by atoms with Crippen LogP contribution in [0.4, 0.5) is 4.79 Å². The topological polar surface area (TPSA) is 107 Å². The molecule has 0 bridgehead atoms. The number of aromatic nitrogens is 1. The molecule has 3 rings (SSSR count). The number of ether oxygens (including phenoxy) is 1. The van der Waals surface area contributed by atoms with Crippen LogP contribution in [0.15, 0.2) is 41.2 Å². The zero-order valence-electron chi connectivity index (χ0n) is 17.9. The normalized spacial score (nSPS) is 17.4. The molecule has 0 atom stereocenters. The second kappa shape index (κ2) is 9.21. The van der Waals surface area contributed by atoms with Gasteiger partial charge in [0.25, 0.3) is 0 Å². The maximum Gasteiger partial charge on any atom is 0.492 e. The molecule has 2 heterocycles. The average Bonchev–Trinajstić information content (AvgIpc) is 3.26. The maximum absolute atomic E-state index is 12.2. The van der Waals surface area contributed by atoms with Crippen molar-refractivity contribution in [3.05, 3.63) is 57.4 Å². The molecule has 2 aromatic rings. The van der Waals surface area contributed by atoms with Gasteiger partial charge in [-0.1, -0.05) is 30.3 Å². The number of rotatable bonds is 7. The lowest BCUT2D eigenvalue weighted by molar-refractivity contribution is 0.00578. The van der Waals surface area contributed by atoms with E-state index in [2.05, 4.69) is 10.3 Å². The van der Waals surface area contributed by atoms with E-state index in [0.717, 1.165) is 16.9 Å². The lowest BCUT2D eigenvalue weighted by Crippen LogP contribution is -2.41. The highest BCUT2D eigenvalue weighted by molar-refractivity contribution is 7.11. The molecule has 2 N–H and O–H groups in total. The third kappa shape index (κ3) is 5.72. The van der Waals surface area contributed by atoms with Gasteiger partial charge in [-0.05, 0) is 44.8 Å². The van der Waals surface area contributed by atoms with Gasteiger partial charge in [0.2, 0.25) is 5.01 Å². The molecule has 1 aromatic carbocycles. The number of alkyl carbamates (subject to hydrolysis) is 1. The third-order valence-electron chi connectivity index (χ3n) is 5.24. The first-order chi connectivity index (χ1) is 14.6. The van der Waals surface area contributed by atoms with Gasteiger partial charge in [0.05, 0.1) is 16.9 Å². The summed E-state index contributed by atoms with van der Waals surface area (Å²) in [6.07, 6.45) is 1.08. The molecule has 8 nitrogen and oxygen atoms in total. The highest BCUT2D eigenvalue weighted by Crippen LogP contribution is 2.38. The van der Waals surface area contributed by atoms with Crippen molar-refractivity contribution in [2.45, 2.75) is 45.5 Å². The number of benzene rings is 1. The molecule has 0 saturated carbocycles. The van der Waals surface area contributed by atoms with Gasteiger partial charge in [-0.2, -0.15) is 0 Å². The molecule has 1 fully saturated rings. The van der Waals surface area contributed by atoms with Crippen molar-refractivity contribution in [3.8, 4) is 0 Å². The van der Waals surface area contributed by atoms with Gasteiger partial charge in [-0.3, -0.25) is 0 Å². The minimum atomic E-state index is -1.09. The number of amides is 1. The van der Waals surface area contributed by atoms with E-state index in [1.54, 1.807) is 11.5 Å². The van der Waals surface area contributed by atoms with E-state index in [0.29, 0.717) is 11.2 Å². The van der Waals surface area contributed by atoms with Crippen molar-refractivity contribution in [1.29, 1.82) is 0 Å². The first-order valence-corrected chi connectivity index (χ1v) is 10.6. The highest BCUT2D eigenvalue weighted by Gasteiger charge is 2.52. The Labute approximate surface area is 185 Å². The van der Waals surface area contributed by atoms with Crippen molar-refractivity contribution >= 4 is 36.6 Å². The number of carbonyl (C=O) groups is 2. The fraction of sp³-hybridized carbons (Fsp3) is 0.381. The minimum absolute atomic E-state index is 0.0188. The number of hydrogen-bond acceptors (Lipinski definition) is 7.